The van der Waals surface area contributed by atoms with E-state index in [1.807, 2.05) is 13.8 Å². The molecular weight excluding hydrogens is 897 g/mol. The number of rotatable bonds is 10. The molecule has 25 atom stereocenters. The highest BCUT2D eigenvalue weighted by Gasteiger charge is 2.70. The molecule has 5 aliphatic carbocycles. The molecule has 68 heavy (non-hydrogen) atoms. The van der Waals surface area contributed by atoms with E-state index in [4.69, 9.17) is 28.4 Å². The fourth-order valence-electron chi connectivity index (χ4n) is 14.9. The summed E-state index contributed by atoms with van der Waals surface area (Å²) >= 11 is 0. The van der Waals surface area contributed by atoms with Gasteiger partial charge in [-0.05, 0) is 99.2 Å². The summed E-state index contributed by atoms with van der Waals surface area (Å²) in [4.78, 5) is 38.9. The van der Waals surface area contributed by atoms with Crippen LogP contribution < -0.4 is 0 Å². The first kappa shape index (κ1) is 52.1. The second kappa shape index (κ2) is 18.0. The summed E-state index contributed by atoms with van der Waals surface area (Å²) in [6.45, 7) is 12.6. The molecule has 3 aliphatic heterocycles. The molecule has 0 bridgehead atoms. The highest BCUT2D eigenvalue weighted by molar-refractivity contribution is 5.92. The number of aliphatic hydroxyl groups is 9. The molecule has 20 nitrogen and oxygen atoms in total. The van der Waals surface area contributed by atoms with Gasteiger partial charge in [0.05, 0.1) is 30.8 Å². The van der Waals surface area contributed by atoms with E-state index in [1.54, 1.807) is 6.92 Å². The number of aliphatic carboxylic acids is 2. The van der Waals surface area contributed by atoms with E-state index in [2.05, 4.69) is 26.8 Å². The van der Waals surface area contributed by atoms with E-state index in [0.717, 1.165) is 12.8 Å². The van der Waals surface area contributed by atoms with Gasteiger partial charge in [-0.2, -0.15) is 0 Å². The van der Waals surface area contributed by atoms with Crippen molar-refractivity contribution in [3.8, 4) is 0 Å². The van der Waals surface area contributed by atoms with E-state index in [9.17, 15) is 70.6 Å². The van der Waals surface area contributed by atoms with Gasteiger partial charge in [0.15, 0.2) is 25.0 Å². The van der Waals surface area contributed by atoms with Crippen molar-refractivity contribution in [2.24, 2.45) is 50.2 Å². The number of Topliss-reactive ketones (excluding diaryl/α,β-unsaturated/α-hetero) is 1. The molecule has 0 aromatic carbocycles. The highest BCUT2D eigenvalue weighted by Crippen LogP contribution is 2.75. The van der Waals surface area contributed by atoms with Crippen LogP contribution in [0.4, 0.5) is 0 Å². The number of carbonyl (C=O) groups excluding carboxylic acids is 1. The number of allylic oxidation sites excluding steroid dienone is 2. The van der Waals surface area contributed by atoms with Gasteiger partial charge in [-0.25, -0.2) is 4.79 Å². The van der Waals surface area contributed by atoms with Crippen molar-refractivity contribution < 1.29 is 99.0 Å². The first-order valence-electron chi connectivity index (χ1n) is 24.3. The molecular formula is C48H74O20. The third-order valence-electron chi connectivity index (χ3n) is 19.6. The summed E-state index contributed by atoms with van der Waals surface area (Å²) < 4.78 is 36.1. The molecule has 3 heterocycles. The largest absolute Gasteiger partial charge is 0.481 e. The van der Waals surface area contributed by atoms with Crippen LogP contribution in [0.25, 0.3) is 0 Å². The fourth-order valence-corrected chi connectivity index (χ4v) is 14.9. The maximum Gasteiger partial charge on any atom is 0.335 e. The topological polar surface area (TPSA) is 329 Å². The molecule has 0 aromatic heterocycles. The summed E-state index contributed by atoms with van der Waals surface area (Å²) in [6.07, 6.45) is -20.5. The van der Waals surface area contributed by atoms with E-state index in [-0.39, 0.29) is 52.8 Å². The first-order valence-corrected chi connectivity index (χ1v) is 24.3. The number of carboxylic acid groups (broad SMARTS) is 2. The number of fused-ring (bicyclic) bond motifs is 7. The average Bonchev–Trinajstić information content (AvgIpc) is 3.28. The maximum absolute atomic E-state index is 13.8. The van der Waals surface area contributed by atoms with Crippen molar-refractivity contribution in [3.63, 3.8) is 0 Å². The number of ether oxygens (including phenoxy) is 6. The molecule has 20 heteroatoms. The van der Waals surface area contributed by atoms with Crippen molar-refractivity contribution in [1.29, 1.82) is 0 Å². The van der Waals surface area contributed by atoms with Crippen molar-refractivity contribution in [3.05, 3.63) is 11.6 Å². The lowest BCUT2D eigenvalue weighted by Crippen LogP contribution is -2.68. The predicted octanol–water partition coefficient (Wildman–Crippen LogP) is -0.0225. The number of ketones is 1. The smallest absolute Gasteiger partial charge is 0.335 e. The summed E-state index contributed by atoms with van der Waals surface area (Å²) in [7, 11) is 0. The van der Waals surface area contributed by atoms with Gasteiger partial charge >= 0.3 is 11.9 Å². The highest BCUT2D eigenvalue weighted by atomic mass is 16.8. The van der Waals surface area contributed by atoms with Crippen LogP contribution in [-0.4, -0.2) is 185 Å². The zero-order valence-electron chi connectivity index (χ0n) is 39.9. The minimum Gasteiger partial charge on any atom is -0.481 e. The third kappa shape index (κ3) is 7.77. The molecule has 4 saturated carbocycles. The van der Waals surface area contributed by atoms with Crippen LogP contribution in [0.5, 0.6) is 0 Å². The van der Waals surface area contributed by atoms with Crippen molar-refractivity contribution in [2.45, 2.75) is 204 Å². The Kier molecular flexibility index (Phi) is 13.8. The number of carbonyl (C=O) groups is 3. The fraction of sp³-hybridized carbons (Fsp3) is 0.896. The lowest BCUT2D eigenvalue weighted by atomic mass is 9.33. The van der Waals surface area contributed by atoms with Crippen LogP contribution in [0.1, 0.15) is 106 Å². The summed E-state index contributed by atoms with van der Waals surface area (Å²) in [5.41, 5.74) is -2.66. The lowest BCUT2D eigenvalue weighted by molar-refractivity contribution is -0.396. The maximum atomic E-state index is 13.8. The molecule has 7 fully saturated rings. The molecule has 0 unspecified atom stereocenters. The van der Waals surface area contributed by atoms with Gasteiger partial charge in [0.2, 0.25) is 0 Å². The van der Waals surface area contributed by atoms with Gasteiger partial charge in [-0.3, -0.25) is 9.59 Å². The average molecular weight is 971 g/mol. The quantitative estimate of drug-likeness (QED) is 0.101. The van der Waals surface area contributed by atoms with Crippen LogP contribution in [0, 0.1) is 50.2 Å². The minimum absolute atomic E-state index is 0.00356. The Labute approximate surface area is 395 Å². The molecule has 3 saturated heterocycles. The zero-order chi connectivity index (χ0) is 50.0. The summed E-state index contributed by atoms with van der Waals surface area (Å²) in [5, 5.41) is 118. The molecule has 8 rings (SSSR count). The zero-order valence-corrected chi connectivity index (χ0v) is 39.9. The minimum atomic E-state index is -2.10. The molecule has 0 aromatic rings. The van der Waals surface area contributed by atoms with Gasteiger partial charge in [-0.1, -0.05) is 46.3 Å². The van der Waals surface area contributed by atoms with Crippen LogP contribution in [-0.2, 0) is 42.8 Å². The normalized spacial score (nSPS) is 54.9. The Hall–Kier alpha value is -2.25. The predicted molar refractivity (Wildman–Crippen MR) is 232 cm³/mol. The van der Waals surface area contributed by atoms with E-state index in [1.165, 1.54) is 12.5 Å². The summed E-state index contributed by atoms with van der Waals surface area (Å²) in [5.74, 6) is -2.88. The number of aliphatic hydroxyl groups excluding tert-OH is 9. The Bertz CT molecular complexity index is 1970. The Morgan fingerprint density at radius 1 is 0.706 bits per heavy atom. The number of hydrogen-bond donors (Lipinski definition) is 11. The Morgan fingerprint density at radius 2 is 1.34 bits per heavy atom. The van der Waals surface area contributed by atoms with Gasteiger partial charge in [0.1, 0.15) is 66.8 Å². The number of hydrogen-bond acceptors (Lipinski definition) is 18. The molecule has 11 N–H and O–H groups in total. The van der Waals surface area contributed by atoms with Crippen molar-refractivity contribution in [2.75, 3.05) is 13.2 Å². The Morgan fingerprint density at radius 3 is 1.96 bits per heavy atom. The molecule has 0 spiro atoms. The van der Waals surface area contributed by atoms with Crippen LogP contribution >= 0.6 is 0 Å². The molecule has 0 amide bonds. The number of carboxylic acids is 2. The van der Waals surface area contributed by atoms with E-state index in [0.29, 0.717) is 38.5 Å². The van der Waals surface area contributed by atoms with E-state index >= 15 is 0 Å². The van der Waals surface area contributed by atoms with Gasteiger partial charge in [0, 0.05) is 17.3 Å². The van der Waals surface area contributed by atoms with Crippen LogP contribution in [0.15, 0.2) is 11.6 Å². The SMILES string of the molecule is C[C@@H]1O[C@@H](O[C@H]2[C@H](O[C@H]3[C@H](O[C@H]4CC[C@@]5(C)[C@@H](CC[C@]6(C)[C@@H]5CC=C5[C@@H]7C[C@@](C)(C(=O)O)CC(=O)[C@]7(C)CC[C@]56C)[C@@]4(C)CO)O[C@H](C(=O)O)[C@@H](O)[C@@H]3O)O[C@H](CO)[C@H](O)[C@@H]2O)[C@H](O)[C@H](O)[C@H]1O. The van der Waals surface area contributed by atoms with Crippen LogP contribution in [0.2, 0.25) is 0 Å². The van der Waals surface area contributed by atoms with Gasteiger partial charge in [-0.15, -0.1) is 0 Å². The van der Waals surface area contributed by atoms with Crippen molar-refractivity contribution in [1.82, 2.24) is 0 Å². The van der Waals surface area contributed by atoms with E-state index < -0.39 is 133 Å². The van der Waals surface area contributed by atoms with Crippen molar-refractivity contribution >= 4 is 17.7 Å². The van der Waals surface area contributed by atoms with Crippen LogP contribution in [0.3, 0.4) is 0 Å². The second-order valence-corrected chi connectivity index (χ2v) is 23.1. The second-order valence-electron chi connectivity index (χ2n) is 23.1. The molecule has 386 valence electrons. The third-order valence-corrected chi connectivity index (χ3v) is 19.6. The summed E-state index contributed by atoms with van der Waals surface area (Å²) in [6, 6.07) is 0. The Balaban J connectivity index is 1.08. The molecule has 8 aliphatic rings. The first-order chi connectivity index (χ1) is 31.7. The monoisotopic (exact) mass is 970 g/mol. The van der Waals surface area contributed by atoms with Gasteiger partial charge < -0.3 is 84.6 Å². The van der Waals surface area contributed by atoms with Gasteiger partial charge in [0.25, 0.3) is 0 Å². The standard InChI is InChI=1S/C48H74O20/c1-20-28(52)30(54)34(58)39(63-20)67-36-31(55)29(53)23(18-49)64-40(36)68-37-33(57)32(56)35(38(59)60)66-41(37)65-27-11-12-45(4)24(46(27,5)19-50)10-13-48(7)25(45)9-8-21-22-16-43(2,42(61)62)17-26(51)44(22,3)14-15-47(21,48)6/h8,20,22-25,27-37,39-41,49-50,52-58H,9-19H2,1-7H3,(H,59,60)(H,61,62)/t20-,22-,23+,24+,25+,27-,28-,29-,30+,31-,32-,33-,34+,35-,36+,37+,39-,40-,41+,43+,44+,45-,46+,47+,48+/m0/s1. The molecule has 0 radical (unpaired) electrons. The lowest BCUT2D eigenvalue weighted by Gasteiger charge is -2.71.